The minimum atomic E-state index is -0.926. The number of hydrogen-bond donors (Lipinski definition) is 0. The molecule has 0 aliphatic carbocycles. The van der Waals surface area contributed by atoms with Crippen molar-refractivity contribution in [2.75, 3.05) is 13.2 Å². The molecule has 0 saturated carbocycles. The predicted molar refractivity (Wildman–Crippen MR) is 59.5 cm³/mol. The second-order valence-corrected chi connectivity index (χ2v) is 2.88. The number of hydrogen-bond acceptors (Lipinski definition) is 7. The molecule has 0 N–H and O–H groups in total. The Hall–Kier alpha value is -2.31. The van der Waals surface area contributed by atoms with E-state index in [1.807, 2.05) is 0 Å². The molecular weight excluding hydrogens is 242 g/mol. The Labute approximate surface area is 104 Å². The van der Waals surface area contributed by atoms with Crippen LogP contribution in [0.5, 0.6) is 11.6 Å². The van der Waals surface area contributed by atoms with Crippen molar-refractivity contribution in [2.24, 2.45) is 0 Å². The quantitative estimate of drug-likeness (QED) is 0.762. The maximum Gasteiger partial charge on any atom is 0.515 e. The Morgan fingerprint density at radius 1 is 1.11 bits per heavy atom. The molecule has 0 bridgehead atoms. The van der Waals surface area contributed by atoms with Crippen LogP contribution in [0.15, 0.2) is 18.3 Å². The lowest BCUT2D eigenvalue weighted by Crippen LogP contribution is -2.14. The first-order valence-corrected chi connectivity index (χ1v) is 5.31. The molecule has 0 unspecified atom stereocenters. The molecule has 18 heavy (non-hydrogen) atoms. The number of ether oxygens (including phenoxy) is 4. The number of nitrogens with zero attached hydrogens (tertiary/aromatic N) is 1. The summed E-state index contributed by atoms with van der Waals surface area (Å²) in [5, 5.41) is 0. The maximum atomic E-state index is 11.1. The lowest BCUT2D eigenvalue weighted by molar-refractivity contribution is 0.0925. The van der Waals surface area contributed by atoms with E-state index in [4.69, 9.17) is 9.47 Å². The average molecular weight is 255 g/mol. The molecule has 0 atom stereocenters. The standard InChI is InChI=1S/C11H13NO6/c1-3-15-10(13)17-8-6-5-7-12-9(8)18-11(14)16-4-2/h5-7H,3-4H2,1-2H3. The zero-order valence-corrected chi connectivity index (χ0v) is 10.0. The van der Waals surface area contributed by atoms with E-state index in [2.05, 4.69) is 14.5 Å². The Morgan fingerprint density at radius 2 is 1.72 bits per heavy atom. The van der Waals surface area contributed by atoms with Gasteiger partial charge in [0.2, 0.25) is 0 Å². The third-order valence-electron chi connectivity index (χ3n) is 1.63. The van der Waals surface area contributed by atoms with Crippen molar-refractivity contribution in [2.45, 2.75) is 13.8 Å². The molecule has 98 valence electrons. The summed E-state index contributed by atoms with van der Waals surface area (Å²) >= 11 is 0. The summed E-state index contributed by atoms with van der Waals surface area (Å²) in [4.78, 5) is 26.0. The van der Waals surface area contributed by atoms with Crippen molar-refractivity contribution in [3.8, 4) is 11.6 Å². The van der Waals surface area contributed by atoms with Gasteiger partial charge in [-0.1, -0.05) is 0 Å². The minimum absolute atomic E-state index is 0.0241. The van der Waals surface area contributed by atoms with E-state index < -0.39 is 12.3 Å². The molecule has 0 aromatic carbocycles. The monoisotopic (exact) mass is 255 g/mol. The van der Waals surface area contributed by atoms with Crippen molar-refractivity contribution in [3.05, 3.63) is 18.3 Å². The fourth-order valence-electron chi connectivity index (χ4n) is 0.994. The van der Waals surface area contributed by atoms with Gasteiger partial charge in [-0.25, -0.2) is 14.6 Å². The van der Waals surface area contributed by atoms with Gasteiger partial charge in [0.05, 0.1) is 13.2 Å². The Balaban J connectivity index is 2.73. The largest absolute Gasteiger partial charge is 0.515 e. The fraction of sp³-hybridized carbons (Fsp3) is 0.364. The maximum absolute atomic E-state index is 11.1. The first kappa shape index (κ1) is 13.8. The zero-order chi connectivity index (χ0) is 13.4. The van der Waals surface area contributed by atoms with Crippen LogP contribution < -0.4 is 9.47 Å². The molecule has 0 aliphatic heterocycles. The highest BCUT2D eigenvalue weighted by Crippen LogP contribution is 2.24. The van der Waals surface area contributed by atoms with Crippen molar-refractivity contribution >= 4 is 12.3 Å². The number of rotatable bonds is 4. The molecule has 1 aromatic rings. The summed E-state index contributed by atoms with van der Waals surface area (Å²) in [7, 11) is 0. The molecule has 0 fully saturated rings. The molecule has 7 heteroatoms. The van der Waals surface area contributed by atoms with Crippen molar-refractivity contribution in [1.82, 2.24) is 4.98 Å². The Bertz CT molecular complexity index is 381. The van der Waals surface area contributed by atoms with Crippen LogP contribution in [-0.2, 0) is 9.47 Å². The molecule has 0 amide bonds. The fourth-order valence-corrected chi connectivity index (χ4v) is 0.994. The summed E-state index contributed by atoms with van der Waals surface area (Å²) < 4.78 is 18.7. The highest BCUT2D eigenvalue weighted by atomic mass is 16.7. The number of aromatic nitrogens is 1. The van der Waals surface area contributed by atoms with Crippen LogP contribution in [-0.4, -0.2) is 30.5 Å². The molecule has 7 nitrogen and oxygen atoms in total. The van der Waals surface area contributed by atoms with Crippen LogP contribution in [0, 0.1) is 0 Å². The van der Waals surface area contributed by atoms with Gasteiger partial charge >= 0.3 is 12.3 Å². The number of carbonyl (C=O) groups is 2. The first-order chi connectivity index (χ1) is 8.67. The van der Waals surface area contributed by atoms with Gasteiger partial charge < -0.3 is 18.9 Å². The third kappa shape index (κ3) is 4.28. The van der Waals surface area contributed by atoms with Crippen molar-refractivity contribution < 1.29 is 28.5 Å². The van der Waals surface area contributed by atoms with Crippen LogP contribution in [0.3, 0.4) is 0 Å². The van der Waals surface area contributed by atoms with E-state index in [-0.39, 0.29) is 24.8 Å². The molecule has 1 aromatic heterocycles. The molecular formula is C11H13NO6. The van der Waals surface area contributed by atoms with Gasteiger partial charge in [-0.15, -0.1) is 0 Å². The van der Waals surface area contributed by atoms with E-state index in [0.29, 0.717) is 0 Å². The van der Waals surface area contributed by atoms with Gasteiger partial charge in [0, 0.05) is 6.20 Å². The minimum Gasteiger partial charge on any atom is -0.434 e. The van der Waals surface area contributed by atoms with Crippen LogP contribution in [0.25, 0.3) is 0 Å². The lowest BCUT2D eigenvalue weighted by Gasteiger charge is -2.08. The van der Waals surface area contributed by atoms with Crippen LogP contribution in [0.4, 0.5) is 9.59 Å². The highest BCUT2D eigenvalue weighted by molar-refractivity contribution is 5.67. The third-order valence-corrected chi connectivity index (χ3v) is 1.63. The summed E-state index contributed by atoms with van der Waals surface area (Å²) in [6.45, 7) is 3.61. The lowest BCUT2D eigenvalue weighted by atomic mass is 10.4. The summed E-state index contributed by atoms with van der Waals surface area (Å²) in [6.07, 6.45) is -0.448. The average Bonchev–Trinajstić information content (AvgIpc) is 2.32. The van der Waals surface area contributed by atoms with Crippen molar-refractivity contribution in [1.29, 1.82) is 0 Å². The van der Waals surface area contributed by atoms with Gasteiger partial charge in [0.25, 0.3) is 5.88 Å². The normalized spacial score (nSPS) is 9.44. The van der Waals surface area contributed by atoms with E-state index in [1.54, 1.807) is 13.8 Å². The van der Waals surface area contributed by atoms with Gasteiger partial charge in [-0.2, -0.15) is 0 Å². The van der Waals surface area contributed by atoms with E-state index in [1.165, 1.54) is 18.3 Å². The Kier molecular flexibility index (Phi) is 5.43. The molecule has 1 rings (SSSR count). The van der Waals surface area contributed by atoms with Gasteiger partial charge in [-0.05, 0) is 26.0 Å². The first-order valence-electron chi connectivity index (χ1n) is 5.31. The SMILES string of the molecule is CCOC(=O)Oc1cccnc1OC(=O)OCC. The second kappa shape index (κ2) is 7.10. The van der Waals surface area contributed by atoms with Crippen LogP contribution >= 0.6 is 0 Å². The topological polar surface area (TPSA) is 84.0 Å². The molecule has 0 spiro atoms. The van der Waals surface area contributed by atoms with Gasteiger partial charge in [0.1, 0.15) is 0 Å². The Morgan fingerprint density at radius 3 is 2.33 bits per heavy atom. The summed E-state index contributed by atoms with van der Waals surface area (Å²) in [5.74, 6) is -0.187. The van der Waals surface area contributed by atoms with Crippen LogP contribution in [0.1, 0.15) is 13.8 Å². The van der Waals surface area contributed by atoms with E-state index in [0.717, 1.165) is 0 Å². The van der Waals surface area contributed by atoms with Gasteiger partial charge in [0.15, 0.2) is 5.75 Å². The zero-order valence-electron chi connectivity index (χ0n) is 10.0. The number of pyridine rings is 1. The van der Waals surface area contributed by atoms with E-state index in [9.17, 15) is 9.59 Å². The summed E-state index contributed by atoms with van der Waals surface area (Å²) in [6, 6.07) is 2.94. The van der Waals surface area contributed by atoms with Gasteiger partial charge in [-0.3, -0.25) is 0 Å². The predicted octanol–water partition coefficient (Wildman–Crippen LogP) is 2.15. The molecule has 1 heterocycles. The van der Waals surface area contributed by atoms with E-state index >= 15 is 0 Å². The van der Waals surface area contributed by atoms with Crippen molar-refractivity contribution in [3.63, 3.8) is 0 Å². The second-order valence-electron chi connectivity index (χ2n) is 2.88. The highest BCUT2D eigenvalue weighted by Gasteiger charge is 2.15. The molecule has 0 saturated heterocycles. The molecule has 0 aliphatic rings. The smallest absolute Gasteiger partial charge is 0.434 e. The molecule has 0 radical (unpaired) electrons. The number of carbonyl (C=O) groups excluding carboxylic acids is 2. The van der Waals surface area contributed by atoms with Crippen LogP contribution in [0.2, 0.25) is 0 Å². The summed E-state index contributed by atoms with van der Waals surface area (Å²) in [5.41, 5.74) is 0.